The highest BCUT2D eigenvalue weighted by molar-refractivity contribution is 5.09. The van der Waals surface area contributed by atoms with Crippen LogP contribution in [0.25, 0.3) is 0 Å². The lowest BCUT2D eigenvalue weighted by Crippen LogP contribution is -2.56. The number of nitrogens with two attached hydrogens (primary N) is 1. The quantitative estimate of drug-likeness (QED) is 0.802. The van der Waals surface area contributed by atoms with Crippen molar-refractivity contribution in [2.45, 2.75) is 71.1 Å². The summed E-state index contributed by atoms with van der Waals surface area (Å²) < 4.78 is 0. The molecule has 3 atom stereocenters. The Morgan fingerprint density at radius 2 is 1.68 bits per heavy atom. The Hall–Kier alpha value is -0.0400. The maximum Gasteiger partial charge on any atom is -0.00409 e. The van der Waals surface area contributed by atoms with Crippen molar-refractivity contribution in [3.05, 3.63) is 0 Å². The summed E-state index contributed by atoms with van der Waals surface area (Å²) in [5.74, 6) is 3.95. The van der Waals surface area contributed by atoms with Crippen molar-refractivity contribution < 1.29 is 0 Å². The minimum Gasteiger partial charge on any atom is -0.330 e. The molecule has 108 valence electrons. The monoisotopic (exact) mass is 261 g/mol. The van der Waals surface area contributed by atoms with E-state index < -0.39 is 0 Å². The van der Waals surface area contributed by atoms with E-state index in [4.69, 9.17) is 5.73 Å². The smallest absolute Gasteiger partial charge is 0.00409 e. The van der Waals surface area contributed by atoms with Crippen LogP contribution in [-0.4, -0.2) is 6.54 Å². The number of hydrogen-bond donors (Lipinski definition) is 1. The second-order valence-corrected chi connectivity index (χ2v) is 9.02. The summed E-state index contributed by atoms with van der Waals surface area (Å²) in [4.78, 5) is 0. The summed E-state index contributed by atoms with van der Waals surface area (Å²) in [5, 5.41) is 0. The van der Waals surface area contributed by atoms with E-state index in [0.717, 1.165) is 30.2 Å². The van der Waals surface area contributed by atoms with Crippen molar-refractivity contribution in [1.29, 1.82) is 0 Å². The summed E-state index contributed by atoms with van der Waals surface area (Å²) in [7, 11) is 0. The summed E-state index contributed by atoms with van der Waals surface area (Å²) >= 11 is 0. The van der Waals surface area contributed by atoms with Crippen molar-refractivity contribution in [2.24, 2.45) is 40.2 Å². The third-order valence-electron chi connectivity index (χ3n) is 7.41. The minimum absolute atomic E-state index is 0.669. The maximum absolute atomic E-state index is 6.32. The first-order valence-corrected chi connectivity index (χ1v) is 8.83. The molecule has 19 heavy (non-hydrogen) atoms. The molecule has 5 fully saturated rings. The third kappa shape index (κ3) is 1.91. The average Bonchev–Trinajstić information content (AvgIpc) is 2.79. The van der Waals surface area contributed by atoms with Crippen LogP contribution in [0.1, 0.15) is 71.1 Å². The molecule has 0 amide bonds. The van der Waals surface area contributed by atoms with E-state index in [1.807, 2.05) is 0 Å². The highest BCUT2D eigenvalue weighted by Crippen LogP contribution is 2.68. The van der Waals surface area contributed by atoms with Gasteiger partial charge in [-0.05, 0) is 79.6 Å². The van der Waals surface area contributed by atoms with Crippen LogP contribution in [0.5, 0.6) is 0 Å². The van der Waals surface area contributed by atoms with E-state index in [2.05, 4.69) is 6.92 Å². The fourth-order valence-electron chi connectivity index (χ4n) is 7.53. The van der Waals surface area contributed by atoms with Crippen LogP contribution in [-0.2, 0) is 0 Å². The average molecular weight is 261 g/mol. The largest absolute Gasteiger partial charge is 0.330 e. The lowest BCUT2D eigenvalue weighted by atomic mass is 9.41. The molecule has 5 rings (SSSR count). The first-order chi connectivity index (χ1) is 9.12. The van der Waals surface area contributed by atoms with Crippen LogP contribution in [0.4, 0.5) is 0 Å². The zero-order valence-electron chi connectivity index (χ0n) is 12.7. The fourth-order valence-corrected chi connectivity index (χ4v) is 7.53. The van der Waals surface area contributed by atoms with Gasteiger partial charge in [-0.2, -0.15) is 0 Å². The van der Waals surface area contributed by atoms with Crippen molar-refractivity contribution >= 4 is 0 Å². The van der Waals surface area contributed by atoms with Gasteiger partial charge in [0.25, 0.3) is 0 Å². The van der Waals surface area contributed by atoms with E-state index in [1.165, 1.54) is 57.8 Å². The zero-order valence-corrected chi connectivity index (χ0v) is 12.7. The van der Waals surface area contributed by atoms with Crippen LogP contribution >= 0.6 is 0 Å². The molecule has 0 aromatic carbocycles. The molecule has 0 aromatic heterocycles. The summed E-state index contributed by atoms with van der Waals surface area (Å²) in [6, 6.07) is 0. The lowest BCUT2D eigenvalue weighted by Gasteiger charge is -2.64. The van der Waals surface area contributed by atoms with Crippen molar-refractivity contribution in [2.75, 3.05) is 6.54 Å². The highest BCUT2D eigenvalue weighted by Gasteiger charge is 2.58. The van der Waals surface area contributed by atoms with Crippen LogP contribution in [0.15, 0.2) is 0 Å². The Kier molecular flexibility index (Phi) is 2.82. The Labute approximate surface area is 118 Å². The first-order valence-electron chi connectivity index (χ1n) is 8.83. The minimum atomic E-state index is 0.669. The van der Waals surface area contributed by atoms with E-state index in [0.29, 0.717) is 10.8 Å². The lowest BCUT2D eigenvalue weighted by molar-refractivity contribution is -0.137. The maximum atomic E-state index is 6.32. The molecule has 5 aliphatic carbocycles. The molecule has 0 spiro atoms. The van der Waals surface area contributed by atoms with Gasteiger partial charge in [-0.15, -0.1) is 0 Å². The van der Waals surface area contributed by atoms with Gasteiger partial charge in [-0.1, -0.05) is 32.6 Å². The van der Waals surface area contributed by atoms with Crippen LogP contribution in [0, 0.1) is 34.5 Å². The molecule has 0 radical (unpaired) electrons. The molecular formula is C18H31N. The molecule has 2 N–H and O–H groups in total. The summed E-state index contributed by atoms with van der Waals surface area (Å²) in [5.41, 5.74) is 7.68. The van der Waals surface area contributed by atoms with Crippen LogP contribution in [0.2, 0.25) is 0 Å². The molecule has 1 nitrogen and oxygen atoms in total. The van der Waals surface area contributed by atoms with Gasteiger partial charge >= 0.3 is 0 Å². The SMILES string of the molecule is CC12CC3CC(C1)CC(C(CN)C1CCCC1)(C3)C2. The van der Waals surface area contributed by atoms with Gasteiger partial charge < -0.3 is 5.73 Å². The third-order valence-corrected chi connectivity index (χ3v) is 7.41. The Balaban J connectivity index is 1.64. The van der Waals surface area contributed by atoms with Crippen LogP contribution in [0.3, 0.4) is 0 Å². The Morgan fingerprint density at radius 1 is 1.05 bits per heavy atom. The van der Waals surface area contributed by atoms with Gasteiger partial charge in [0, 0.05) is 0 Å². The molecule has 4 bridgehead atoms. The Bertz CT molecular complexity index is 341. The molecule has 3 unspecified atom stereocenters. The molecule has 0 saturated heterocycles. The molecule has 0 aliphatic heterocycles. The first kappa shape index (κ1) is 12.7. The topological polar surface area (TPSA) is 26.0 Å². The van der Waals surface area contributed by atoms with Crippen molar-refractivity contribution in [3.63, 3.8) is 0 Å². The number of rotatable bonds is 3. The van der Waals surface area contributed by atoms with Crippen molar-refractivity contribution in [1.82, 2.24) is 0 Å². The highest BCUT2D eigenvalue weighted by atomic mass is 14.7. The number of hydrogen-bond acceptors (Lipinski definition) is 1. The molecule has 0 aromatic rings. The van der Waals surface area contributed by atoms with Crippen LogP contribution < -0.4 is 5.73 Å². The predicted octanol–water partition coefficient (Wildman–Crippen LogP) is 4.36. The van der Waals surface area contributed by atoms with Gasteiger partial charge in [0.2, 0.25) is 0 Å². The normalized spacial score (nSPS) is 50.8. The Morgan fingerprint density at radius 3 is 2.21 bits per heavy atom. The van der Waals surface area contributed by atoms with Gasteiger partial charge in [0.15, 0.2) is 0 Å². The summed E-state index contributed by atoms with van der Waals surface area (Å²) in [6.07, 6.45) is 15.1. The fraction of sp³-hybridized carbons (Fsp3) is 1.00. The summed E-state index contributed by atoms with van der Waals surface area (Å²) in [6.45, 7) is 3.57. The molecule has 1 heteroatoms. The molecule has 5 saturated carbocycles. The van der Waals surface area contributed by atoms with E-state index >= 15 is 0 Å². The predicted molar refractivity (Wildman–Crippen MR) is 79.7 cm³/mol. The molecule has 5 aliphatic rings. The van der Waals surface area contributed by atoms with Crippen molar-refractivity contribution in [3.8, 4) is 0 Å². The van der Waals surface area contributed by atoms with Gasteiger partial charge in [-0.3, -0.25) is 0 Å². The van der Waals surface area contributed by atoms with E-state index in [-0.39, 0.29) is 0 Å². The second kappa shape index (κ2) is 4.23. The van der Waals surface area contributed by atoms with Gasteiger partial charge in [0.05, 0.1) is 0 Å². The standard InChI is InChI=1S/C18H31N/c1-17-7-13-6-14(8-17)10-18(9-13,12-17)16(11-19)15-4-2-3-5-15/h13-16H,2-12,19H2,1H3. The molecule has 0 heterocycles. The van der Waals surface area contributed by atoms with Gasteiger partial charge in [-0.25, -0.2) is 0 Å². The zero-order chi connectivity index (χ0) is 13.1. The molecular weight excluding hydrogens is 230 g/mol. The van der Waals surface area contributed by atoms with Gasteiger partial charge in [0.1, 0.15) is 0 Å². The van der Waals surface area contributed by atoms with E-state index in [1.54, 1.807) is 6.42 Å². The van der Waals surface area contributed by atoms with E-state index in [9.17, 15) is 0 Å². The second-order valence-electron chi connectivity index (χ2n) is 9.02.